The topological polar surface area (TPSA) is 75.6 Å². The highest BCUT2D eigenvalue weighted by molar-refractivity contribution is 5.85. The molecule has 5 heteroatoms. The van der Waals surface area contributed by atoms with Gasteiger partial charge in [0.1, 0.15) is 12.6 Å². The number of carbonyl (C=O) groups excluding carboxylic acids is 1. The summed E-state index contributed by atoms with van der Waals surface area (Å²) in [6.45, 7) is 0.835. The maximum Gasteiger partial charge on any atom is 0.328 e. The quantitative estimate of drug-likeness (QED) is 0.352. The van der Waals surface area contributed by atoms with Crippen LogP contribution in [0.1, 0.15) is 42.9 Å². The first-order valence-electron chi connectivity index (χ1n) is 10.3. The van der Waals surface area contributed by atoms with E-state index < -0.39 is 12.0 Å². The molecule has 0 amide bonds. The fourth-order valence-corrected chi connectivity index (χ4v) is 3.36. The smallest absolute Gasteiger partial charge is 0.328 e. The van der Waals surface area contributed by atoms with Crippen molar-refractivity contribution >= 4 is 22.7 Å². The normalized spacial score (nSPS) is 11.9. The molecule has 3 aromatic rings. The fourth-order valence-electron chi connectivity index (χ4n) is 3.36. The molecular weight excluding hydrogens is 378 g/mol. The van der Waals surface area contributed by atoms with E-state index >= 15 is 0 Å². The van der Waals surface area contributed by atoms with Crippen molar-refractivity contribution in [3.05, 3.63) is 83.9 Å². The lowest BCUT2D eigenvalue weighted by atomic mass is 10.0. The molecule has 156 valence electrons. The number of esters is 1. The Bertz CT molecular complexity index is 971. The Morgan fingerprint density at radius 1 is 0.867 bits per heavy atom. The number of fused-ring (bicyclic) bond motifs is 1. The molecule has 0 saturated carbocycles. The molecule has 0 aliphatic heterocycles. The third-order valence-electron chi connectivity index (χ3n) is 4.98. The summed E-state index contributed by atoms with van der Waals surface area (Å²) in [6, 6.07) is 23.0. The van der Waals surface area contributed by atoms with E-state index in [1.165, 1.54) is 0 Å². The number of carboxylic acids is 1. The van der Waals surface area contributed by atoms with E-state index in [0.717, 1.165) is 34.7 Å². The molecule has 0 spiro atoms. The van der Waals surface area contributed by atoms with Gasteiger partial charge in [0.2, 0.25) is 0 Å². The van der Waals surface area contributed by atoms with Gasteiger partial charge in [-0.3, -0.25) is 4.79 Å². The lowest BCUT2D eigenvalue weighted by Crippen LogP contribution is -2.31. The molecule has 0 saturated heterocycles. The molecule has 0 fully saturated rings. The van der Waals surface area contributed by atoms with Crippen molar-refractivity contribution in [3.8, 4) is 0 Å². The molecule has 1 unspecified atom stereocenters. The maximum absolute atomic E-state index is 12.9. The van der Waals surface area contributed by atoms with Crippen molar-refractivity contribution < 1.29 is 19.4 Å². The van der Waals surface area contributed by atoms with Crippen LogP contribution in [-0.4, -0.2) is 23.6 Å². The number of carbonyl (C=O) groups is 2. The first kappa shape index (κ1) is 21.5. The van der Waals surface area contributed by atoms with Crippen LogP contribution in [0.5, 0.6) is 0 Å². The average molecular weight is 405 g/mol. The summed E-state index contributed by atoms with van der Waals surface area (Å²) >= 11 is 0. The van der Waals surface area contributed by atoms with Gasteiger partial charge in [0, 0.05) is 6.42 Å². The Kier molecular flexibility index (Phi) is 7.98. The molecule has 0 aliphatic carbocycles. The van der Waals surface area contributed by atoms with Crippen LogP contribution in [0.25, 0.3) is 10.8 Å². The first-order chi connectivity index (χ1) is 14.6. The monoisotopic (exact) mass is 405 g/mol. The highest BCUT2D eigenvalue weighted by Crippen LogP contribution is 2.22. The molecule has 30 heavy (non-hydrogen) atoms. The SMILES string of the molecule is O=C(O)CCCCCNC(C(=O)OCc1ccccc1)c1ccc2ccccc2c1. The lowest BCUT2D eigenvalue weighted by molar-refractivity contribution is -0.147. The summed E-state index contributed by atoms with van der Waals surface area (Å²) in [5, 5.41) is 14.2. The minimum Gasteiger partial charge on any atom is -0.481 e. The molecule has 0 heterocycles. The summed E-state index contributed by atoms with van der Waals surface area (Å²) in [6.07, 6.45) is 2.40. The minimum absolute atomic E-state index is 0.174. The predicted octanol–water partition coefficient (Wildman–Crippen LogP) is 4.86. The zero-order valence-corrected chi connectivity index (χ0v) is 16.9. The fraction of sp³-hybridized carbons (Fsp3) is 0.280. The van der Waals surface area contributed by atoms with Crippen LogP contribution in [0.4, 0.5) is 0 Å². The number of ether oxygens (including phenoxy) is 1. The Hall–Kier alpha value is -3.18. The number of unbranched alkanes of at least 4 members (excludes halogenated alkanes) is 2. The number of benzene rings is 3. The summed E-state index contributed by atoms with van der Waals surface area (Å²) in [5.41, 5.74) is 1.80. The van der Waals surface area contributed by atoms with Gasteiger partial charge in [0.15, 0.2) is 0 Å². The van der Waals surface area contributed by atoms with Crippen molar-refractivity contribution in [2.24, 2.45) is 0 Å². The van der Waals surface area contributed by atoms with Gasteiger partial charge in [-0.05, 0) is 47.4 Å². The van der Waals surface area contributed by atoms with Gasteiger partial charge in [-0.25, -0.2) is 4.79 Å². The Morgan fingerprint density at radius 2 is 1.60 bits per heavy atom. The number of hydrogen-bond acceptors (Lipinski definition) is 4. The summed E-state index contributed by atoms with van der Waals surface area (Å²) < 4.78 is 5.59. The van der Waals surface area contributed by atoms with Crippen LogP contribution in [-0.2, 0) is 20.9 Å². The number of aliphatic carboxylic acids is 1. The molecule has 0 aliphatic rings. The van der Waals surface area contributed by atoms with Crippen LogP contribution in [0.3, 0.4) is 0 Å². The average Bonchev–Trinajstić information content (AvgIpc) is 2.77. The summed E-state index contributed by atoms with van der Waals surface area (Å²) in [5.74, 6) is -1.10. The third-order valence-corrected chi connectivity index (χ3v) is 4.98. The standard InChI is InChI=1S/C25H27NO4/c27-23(28)13-5-2-8-16-26-24(25(29)30-18-19-9-3-1-4-10-19)22-15-14-20-11-6-7-12-21(20)17-22/h1,3-4,6-7,9-12,14-15,17,24,26H,2,5,8,13,16,18H2,(H,27,28). The second-order valence-electron chi connectivity index (χ2n) is 7.29. The summed E-state index contributed by atoms with van der Waals surface area (Å²) in [4.78, 5) is 23.5. The van der Waals surface area contributed by atoms with Crippen molar-refractivity contribution in [3.63, 3.8) is 0 Å². The second kappa shape index (κ2) is 11.1. The lowest BCUT2D eigenvalue weighted by Gasteiger charge is -2.19. The van der Waals surface area contributed by atoms with Crippen LogP contribution >= 0.6 is 0 Å². The van der Waals surface area contributed by atoms with E-state index in [-0.39, 0.29) is 19.0 Å². The highest BCUT2D eigenvalue weighted by Gasteiger charge is 2.22. The molecule has 0 bridgehead atoms. The van der Waals surface area contributed by atoms with E-state index in [1.54, 1.807) is 0 Å². The third kappa shape index (κ3) is 6.42. The van der Waals surface area contributed by atoms with Gasteiger partial charge in [0.25, 0.3) is 0 Å². The van der Waals surface area contributed by atoms with Gasteiger partial charge < -0.3 is 15.2 Å². The predicted molar refractivity (Wildman–Crippen MR) is 117 cm³/mol. The Balaban J connectivity index is 1.66. The van der Waals surface area contributed by atoms with Crippen LogP contribution in [0, 0.1) is 0 Å². The van der Waals surface area contributed by atoms with Crippen molar-refractivity contribution in [1.82, 2.24) is 5.32 Å². The van der Waals surface area contributed by atoms with Gasteiger partial charge in [-0.2, -0.15) is 0 Å². The van der Waals surface area contributed by atoms with Crippen molar-refractivity contribution in [2.75, 3.05) is 6.54 Å². The van der Waals surface area contributed by atoms with Gasteiger partial charge >= 0.3 is 11.9 Å². The Morgan fingerprint density at radius 3 is 2.37 bits per heavy atom. The zero-order chi connectivity index (χ0) is 21.2. The van der Waals surface area contributed by atoms with E-state index in [1.807, 2.05) is 72.8 Å². The van der Waals surface area contributed by atoms with E-state index in [9.17, 15) is 9.59 Å². The first-order valence-corrected chi connectivity index (χ1v) is 10.3. The van der Waals surface area contributed by atoms with E-state index in [4.69, 9.17) is 9.84 Å². The zero-order valence-electron chi connectivity index (χ0n) is 16.9. The molecule has 0 aromatic heterocycles. The van der Waals surface area contributed by atoms with Gasteiger partial charge in [-0.1, -0.05) is 73.2 Å². The molecule has 3 rings (SSSR count). The number of nitrogens with one attached hydrogen (secondary N) is 1. The summed E-state index contributed by atoms with van der Waals surface area (Å²) in [7, 11) is 0. The minimum atomic E-state index is -0.776. The van der Waals surface area contributed by atoms with Gasteiger partial charge in [0.05, 0.1) is 0 Å². The molecule has 2 N–H and O–H groups in total. The highest BCUT2D eigenvalue weighted by atomic mass is 16.5. The molecular formula is C25H27NO4. The van der Waals surface area contributed by atoms with Crippen molar-refractivity contribution in [1.29, 1.82) is 0 Å². The maximum atomic E-state index is 12.9. The Labute approximate surface area is 176 Å². The largest absolute Gasteiger partial charge is 0.481 e. The van der Waals surface area contributed by atoms with Crippen LogP contribution in [0.15, 0.2) is 72.8 Å². The molecule has 0 radical (unpaired) electrons. The molecule has 3 aromatic carbocycles. The number of hydrogen-bond donors (Lipinski definition) is 2. The van der Waals surface area contributed by atoms with Crippen LogP contribution < -0.4 is 5.32 Å². The number of carboxylic acid groups (broad SMARTS) is 1. The van der Waals surface area contributed by atoms with Crippen LogP contribution in [0.2, 0.25) is 0 Å². The second-order valence-corrected chi connectivity index (χ2v) is 7.29. The number of rotatable bonds is 11. The van der Waals surface area contributed by atoms with Crippen molar-refractivity contribution in [2.45, 2.75) is 38.3 Å². The van der Waals surface area contributed by atoms with E-state index in [0.29, 0.717) is 13.0 Å². The van der Waals surface area contributed by atoms with Gasteiger partial charge in [-0.15, -0.1) is 0 Å². The molecule has 1 atom stereocenters. The van der Waals surface area contributed by atoms with E-state index in [2.05, 4.69) is 5.32 Å². The molecule has 5 nitrogen and oxygen atoms in total.